The highest BCUT2D eigenvalue weighted by Crippen LogP contribution is 2.49. The van der Waals surface area contributed by atoms with E-state index in [1.807, 2.05) is 0 Å². The van der Waals surface area contributed by atoms with Crippen molar-refractivity contribution in [3.8, 4) is 0 Å². The fraction of sp³-hybridized carbons (Fsp3) is 0.714. The van der Waals surface area contributed by atoms with Crippen LogP contribution in [0.4, 0.5) is 70.2 Å². The molecule has 0 aliphatic carbocycles. The zero-order valence-corrected chi connectivity index (χ0v) is 15.4. The predicted molar refractivity (Wildman–Crippen MR) is 72.7 cm³/mol. The Kier molecular flexibility index (Phi) is 9.32. The Morgan fingerprint density at radius 1 is 0.559 bits per heavy atom. The fourth-order valence-electron chi connectivity index (χ4n) is 1.50. The third-order valence-corrected chi connectivity index (χ3v) is 3.45. The Bertz CT molecular complexity index is 699. The second-order valence-corrected chi connectivity index (χ2v) is 5.95. The summed E-state index contributed by atoms with van der Waals surface area (Å²) in [5, 5.41) is 0. The summed E-state index contributed by atoms with van der Waals surface area (Å²) in [7, 11) is 0. The summed E-state index contributed by atoms with van der Waals surface area (Å²) in [4.78, 5) is 22.0. The van der Waals surface area contributed by atoms with E-state index in [1.165, 1.54) is 0 Å². The van der Waals surface area contributed by atoms with Gasteiger partial charge >= 0.3 is 60.3 Å². The quantitative estimate of drug-likeness (QED) is 0.198. The lowest BCUT2D eigenvalue weighted by Gasteiger charge is -2.31. The molecule has 0 aromatic rings. The maximum atomic E-state index is 13.1. The topological polar surface area (TPSA) is 52.6 Å². The molecule has 200 valence electrons. The SMILES string of the molecule is O=C(C=CC(=O)OCC(F)(F)C(F)(F)C(F)(F)C(F)F)OCC(F)(F)C(F)(F)C(F)(F)C(F)F. The number of esters is 2. The second kappa shape index (κ2) is 10.0. The molecule has 20 heteroatoms. The van der Waals surface area contributed by atoms with Crippen LogP contribution in [0.15, 0.2) is 12.2 Å². The summed E-state index contributed by atoms with van der Waals surface area (Å²) < 4.78 is 209. The smallest absolute Gasteiger partial charge is 0.381 e. The Morgan fingerprint density at radius 3 is 1.00 bits per heavy atom. The minimum atomic E-state index is -6.77. The van der Waals surface area contributed by atoms with Gasteiger partial charge in [-0.25, -0.2) is 27.2 Å². The normalized spacial score (nSPS) is 14.8. The molecule has 0 unspecified atom stereocenters. The molecule has 34 heavy (non-hydrogen) atoms. The summed E-state index contributed by atoms with van der Waals surface area (Å²) in [6.07, 6.45) is -11.5. The van der Waals surface area contributed by atoms with Gasteiger partial charge in [-0.2, -0.15) is 52.7 Å². The average Bonchev–Trinajstić information content (AvgIpc) is 2.68. The number of carbonyl (C=O) groups is 2. The predicted octanol–water partition coefficient (Wildman–Crippen LogP) is 4.97. The van der Waals surface area contributed by atoms with Gasteiger partial charge in [0.05, 0.1) is 0 Å². The molecule has 0 aliphatic heterocycles. The van der Waals surface area contributed by atoms with Crippen LogP contribution in [-0.4, -0.2) is 73.5 Å². The molecule has 0 fully saturated rings. The third kappa shape index (κ3) is 6.16. The second-order valence-electron chi connectivity index (χ2n) is 5.95. The van der Waals surface area contributed by atoms with Crippen molar-refractivity contribution in [1.82, 2.24) is 0 Å². The fourth-order valence-corrected chi connectivity index (χ4v) is 1.50. The zero-order chi connectivity index (χ0) is 27.6. The summed E-state index contributed by atoms with van der Waals surface area (Å²) in [5.41, 5.74) is 0. The third-order valence-electron chi connectivity index (χ3n) is 3.45. The lowest BCUT2D eigenvalue weighted by Crippen LogP contribution is -2.59. The molecule has 0 radical (unpaired) electrons. The number of hydrogen-bond donors (Lipinski definition) is 0. The van der Waals surface area contributed by atoms with Crippen LogP contribution in [0.5, 0.6) is 0 Å². The molecule has 0 amide bonds. The maximum Gasteiger partial charge on any atom is 0.381 e. The first kappa shape index (κ1) is 31.6. The molecule has 0 aromatic carbocycles. The van der Waals surface area contributed by atoms with Crippen LogP contribution >= 0.6 is 0 Å². The molecule has 0 atom stereocenters. The molecule has 0 N–H and O–H groups in total. The molecule has 4 nitrogen and oxygen atoms in total. The number of hydrogen-bond acceptors (Lipinski definition) is 4. The summed E-state index contributed by atoms with van der Waals surface area (Å²) >= 11 is 0. The van der Waals surface area contributed by atoms with Gasteiger partial charge in [-0.1, -0.05) is 0 Å². The van der Waals surface area contributed by atoms with E-state index in [9.17, 15) is 79.8 Å². The van der Waals surface area contributed by atoms with Gasteiger partial charge in [-0.15, -0.1) is 0 Å². The number of ether oxygens (including phenoxy) is 2. The monoisotopic (exact) mass is 544 g/mol. The number of halogens is 16. The largest absolute Gasteiger partial charge is 0.456 e. The van der Waals surface area contributed by atoms with Crippen molar-refractivity contribution >= 4 is 11.9 Å². The Balaban J connectivity index is 5.09. The number of carbonyl (C=O) groups excluding carboxylic acids is 2. The Labute approximate surface area is 176 Å². The maximum absolute atomic E-state index is 13.1. The van der Waals surface area contributed by atoms with E-state index >= 15 is 0 Å². The van der Waals surface area contributed by atoms with Crippen molar-refractivity contribution in [2.75, 3.05) is 13.2 Å². The molecule has 0 saturated heterocycles. The van der Waals surface area contributed by atoms with Crippen LogP contribution in [0.3, 0.4) is 0 Å². The van der Waals surface area contributed by atoms with Crippen molar-refractivity contribution in [2.24, 2.45) is 0 Å². The van der Waals surface area contributed by atoms with Crippen LogP contribution in [-0.2, 0) is 19.1 Å². The van der Waals surface area contributed by atoms with Gasteiger partial charge in [0.2, 0.25) is 0 Å². The number of rotatable bonds is 12. The molecule has 0 bridgehead atoms. The van der Waals surface area contributed by atoms with E-state index in [-0.39, 0.29) is 0 Å². The van der Waals surface area contributed by atoms with Gasteiger partial charge in [0, 0.05) is 12.2 Å². The minimum Gasteiger partial charge on any atom is -0.456 e. The summed E-state index contributed by atoms with van der Waals surface area (Å²) in [6, 6.07) is 0. The molecule has 0 aromatic heterocycles. The highest BCUT2D eigenvalue weighted by atomic mass is 19.4. The van der Waals surface area contributed by atoms with Crippen molar-refractivity contribution in [3.05, 3.63) is 12.2 Å². The van der Waals surface area contributed by atoms with Gasteiger partial charge in [-0.3, -0.25) is 0 Å². The highest BCUT2D eigenvalue weighted by molar-refractivity contribution is 5.91. The van der Waals surface area contributed by atoms with E-state index in [2.05, 4.69) is 9.47 Å². The summed E-state index contributed by atoms with van der Waals surface area (Å²) in [6.45, 7) is -5.99. The number of alkyl halides is 16. The molecule has 0 spiro atoms. The lowest BCUT2D eigenvalue weighted by atomic mass is 10.1. The molecule has 0 saturated carbocycles. The first-order chi connectivity index (χ1) is 14.9. The summed E-state index contributed by atoms with van der Waals surface area (Å²) in [5.74, 6) is -43.6. The lowest BCUT2D eigenvalue weighted by molar-refractivity contribution is -0.344. The van der Waals surface area contributed by atoms with Crippen LogP contribution in [0.25, 0.3) is 0 Å². The van der Waals surface area contributed by atoms with E-state index in [4.69, 9.17) is 0 Å². The van der Waals surface area contributed by atoms with Crippen molar-refractivity contribution in [3.63, 3.8) is 0 Å². The van der Waals surface area contributed by atoms with Crippen LogP contribution in [0, 0.1) is 0 Å². The first-order valence-corrected chi connectivity index (χ1v) is 7.73. The van der Waals surface area contributed by atoms with Crippen LogP contribution in [0.1, 0.15) is 0 Å². The van der Waals surface area contributed by atoms with Crippen molar-refractivity contribution < 1.29 is 89.3 Å². The van der Waals surface area contributed by atoms with Crippen LogP contribution in [0.2, 0.25) is 0 Å². The Hall–Kier alpha value is -2.44. The first-order valence-electron chi connectivity index (χ1n) is 7.73. The van der Waals surface area contributed by atoms with Crippen LogP contribution < -0.4 is 0 Å². The minimum absolute atomic E-state index is 0.439. The van der Waals surface area contributed by atoms with Crippen molar-refractivity contribution in [1.29, 1.82) is 0 Å². The molecule has 0 heterocycles. The highest BCUT2D eigenvalue weighted by Gasteiger charge is 2.76. The average molecular weight is 544 g/mol. The van der Waals surface area contributed by atoms with Gasteiger partial charge in [0.15, 0.2) is 13.2 Å². The van der Waals surface area contributed by atoms with E-state index in [1.54, 1.807) is 0 Å². The van der Waals surface area contributed by atoms with E-state index < -0.39 is 85.7 Å². The van der Waals surface area contributed by atoms with Gasteiger partial charge < -0.3 is 9.47 Å². The standard InChI is InChI=1S/C14H8F16O4/c15-7(16)11(23,24)13(27,28)9(19,20)3-33-5(31)1-2-6(32)34-4-10(21,22)14(29,30)12(25,26)8(17)18/h1-2,7-8H,3-4H2. The van der Waals surface area contributed by atoms with Gasteiger partial charge in [0.25, 0.3) is 0 Å². The van der Waals surface area contributed by atoms with E-state index in [0.717, 1.165) is 0 Å². The van der Waals surface area contributed by atoms with Gasteiger partial charge in [0.1, 0.15) is 0 Å². The Morgan fingerprint density at radius 2 is 0.794 bits per heavy atom. The molecule has 0 rings (SSSR count). The van der Waals surface area contributed by atoms with Gasteiger partial charge in [-0.05, 0) is 0 Å². The van der Waals surface area contributed by atoms with E-state index in [0.29, 0.717) is 0 Å². The molecule has 0 aliphatic rings. The zero-order valence-electron chi connectivity index (χ0n) is 15.4. The van der Waals surface area contributed by atoms with Crippen molar-refractivity contribution in [2.45, 2.75) is 48.4 Å². The molecular formula is C14H8F16O4. The molecular weight excluding hydrogens is 536 g/mol.